The van der Waals surface area contributed by atoms with E-state index in [0.29, 0.717) is 21.9 Å². The molecule has 1 atom stereocenters. The maximum Gasteiger partial charge on any atom is 0.351 e. The molecular formula is C13H11FN2O3. The van der Waals surface area contributed by atoms with E-state index in [9.17, 15) is 14.4 Å². The lowest BCUT2D eigenvalue weighted by molar-refractivity contribution is -0.156. The van der Waals surface area contributed by atoms with Crippen LogP contribution in [-0.2, 0) is 4.79 Å². The van der Waals surface area contributed by atoms with Crippen LogP contribution >= 0.6 is 0 Å². The van der Waals surface area contributed by atoms with Crippen LogP contribution in [0, 0.1) is 5.82 Å². The van der Waals surface area contributed by atoms with Crippen LogP contribution in [-0.4, -0.2) is 33.2 Å². The van der Waals surface area contributed by atoms with Crippen LogP contribution in [0.4, 0.5) is 4.39 Å². The zero-order valence-corrected chi connectivity index (χ0v) is 9.82. The molecule has 1 aromatic rings. The average Bonchev–Trinajstić information content (AvgIpc) is 2.39. The van der Waals surface area contributed by atoms with Crippen LogP contribution in [0.5, 0.6) is 0 Å². The number of hydroxylamine groups is 2. The number of nitrogens with zero attached hydrogens (tertiary/aromatic N) is 2. The van der Waals surface area contributed by atoms with Crippen LogP contribution in [0.15, 0.2) is 48.1 Å². The van der Waals surface area contributed by atoms with Crippen LogP contribution in [0.2, 0.25) is 0 Å². The molecule has 0 spiro atoms. The van der Waals surface area contributed by atoms with E-state index in [1.807, 2.05) is 0 Å². The van der Waals surface area contributed by atoms with Gasteiger partial charge in [0.05, 0.1) is 5.71 Å². The summed E-state index contributed by atoms with van der Waals surface area (Å²) in [5, 5.41) is 19.0. The highest BCUT2D eigenvalue weighted by atomic mass is 19.1. The molecule has 1 aliphatic heterocycles. The second kappa shape index (κ2) is 5.03. The van der Waals surface area contributed by atoms with Crippen molar-refractivity contribution < 1.29 is 19.5 Å². The van der Waals surface area contributed by atoms with Crippen molar-refractivity contribution in [1.29, 1.82) is 0 Å². The monoisotopic (exact) mass is 262 g/mol. The van der Waals surface area contributed by atoms with Gasteiger partial charge in [-0.25, -0.2) is 19.2 Å². The standard InChI is InChI=1S/C13H11FN2O3/c1-2-11-10(8-3-5-9(14)6-4-8)7-16(19)12(15-11)13(17)18/h2-7,12,19H,1H2,(H,17,18). The molecule has 98 valence electrons. The molecule has 0 aromatic heterocycles. The maximum atomic E-state index is 12.9. The van der Waals surface area contributed by atoms with Crippen molar-refractivity contribution in [1.82, 2.24) is 5.06 Å². The number of aliphatic carboxylic acids is 1. The smallest absolute Gasteiger partial charge is 0.351 e. The van der Waals surface area contributed by atoms with E-state index in [0.717, 1.165) is 0 Å². The number of carboxylic acid groups (broad SMARTS) is 1. The molecule has 1 aromatic carbocycles. The fourth-order valence-electron chi connectivity index (χ4n) is 1.71. The minimum Gasteiger partial charge on any atom is -0.478 e. The summed E-state index contributed by atoms with van der Waals surface area (Å²) in [6.45, 7) is 3.56. The second-order valence-electron chi connectivity index (χ2n) is 3.86. The number of halogens is 1. The van der Waals surface area contributed by atoms with E-state index >= 15 is 0 Å². The van der Waals surface area contributed by atoms with Gasteiger partial charge >= 0.3 is 5.97 Å². The first kappa shape index (κ1) is 13.0. The summed E-state index contributed by atoms with van der Waals surface area (Å²) < 4.78 is 12.9. The Bertz CT molecular complexity index is 578. The van der Waals surface area contributed by atoms with Gasteiger partial charge in [0.2, 0.25) is 6.17 Å². The van der Waals surface area contributed by atoms with Crippen LogP contribution < -0.4 is 0 Å². The first-order valence-electron chi connectivity index (χ1n) is 5.41. The number of aliphatic imine (C=N–C) groups is 1. The third-order valence-corrected chi connectivity index (χ3v) is 2.62. The molecule has 0 amide bonds. The third-order valence-electron chi connectivity index (χ3n) is 2.62. The highest BCUT2D eigenvalue weighted by Gasteiger charge is 2.27. The van der Waals surface area contributed by atoms with E-state index < -0.39 is 12.1 Å². The van der Waals surface area contributed by atoms with E-state index in [1.54, 1.807) is 0 Å². The summed E-state index contributed by atoms with van der Waals surface area (Å²) in [4.78, 5) is 14.8. The molecule has 0 fully saturated rings. The normalized spacial score (nSPS) is 18.6. The number of carbonyl (C=O) groups is 1. The lowest BCUT2D eigenvalue weighted by atomic mass is 10.0. The van der Waals surface area contributed by atoms with Gasteiger partial charge in [-0.3, -0.25) is 5.21 Å². The molecule has 1 heterocycles. The summed E-state index contributed by atoms with van der Waals surface area (Å²) in [6, 6.07) is 5.55. The number of carboxylic acids is 1. The number of rotatable bonds is 3. The largest absolute Gasteiger partial charge is 0.478 e. The van der Waals surface area contributed by atoms with Crippen molar-refractivity contribution in [3.05, 3.63) is 54.5 Å². The molecule has 0 bridgehead atoms. The zero-order valence-electron chi connectivity index (χ0n) is 9.82. The van der Waals surface area contributed by atoms with Gasteiger partial charge in [0.25, 0.3) is 0 Å². The molecule has 2 N–H and O–H groups in total. The molecular weight excluding hydrogens is 251 g/mol. The Morgan fingerprint density at radius 2 is 2.05 bits per heavy atom. The molecule has 1 unspecified atom stereocenters. The first-order chi connectivity index (χ1) is 9.02. The summed E-state index contributed by atoms with van der Waals surface area (Å²) in [5.41, 5.74) is 1.39. The average molecular weight is 262 g/mol. The molecule has 0 saturated carbocycles. The zero-order chi connectivity index (χ0) is 14.0. The Morgan fingerprint density at radius 1 is 1.42 bits per heavy atom. The molecule has 1 aliphatic rings. The molecule has 6 heteroatoms. The minimum atomic E-state index is -1.41. The number of benzene rings is 1. The third kappa shape index (κ3) is 2.53. The van der Waals surface area contributed by atoms with Crippen molar-refractivity contribution in [2.45, 2.75) is 6.17 Å². The van der Waals surface area contributed by atoms with Gasteiger partial charge in [0, 0.05) is 11.8 Å². The summed E-state index contributed by atoms with van der Waals surface area (Å²) in [7, 11) is 0. The van der Waals surface area contributed by atoms with Crippen molar-refractivity contribution in [3.8, 4) is 0 Å². The van der Waals surface area contributed by atoms with Crippen LogP contribution in [0.25, 0.3) is 5.57 Å². The highest BCUT2D eigenvalue weighted by Crippen LogP contribution is 2.23. The summed E-state index contributed by atoms with van der Waals surface area (Å²) in [6.07, 6.45) is 1.21. The van der Waals surface area contributed by atoms with Gasteiger partial charge in [0.15, 0.2) is 0 Å². The maximum absolute atomic E-state index is 12.9. The van der Waals surface area contributed by atoms with Gasteiger partial charge in [-0.1, -0.05) is 18.7 Å². The fraction of sp³-hybridized carbons (Fsp3) is 0.0769. The Labute approximate surface area is 108 Å². The van der Waals surface area contributed by atoms with Crippen molar-refractivity contribution in [2.24, 2.45) is 4.99 Å². The van der Waals surface area contributed by atoms with E-state index in [1.165, 1.54) is 36.5 Å². The van der Waals surface area contributed by atoms with E-state index in [4.69, 9.17) is 5.11 Å². The quantitative estimate of drug-likeness (QED) is 0.872. The number of allylic oxidation sites excluding steroid dienone is 2. The SMILES string of the molecule is C=CC1=NC(C(=O)O)N(O)C=C1c1ccc(F)cc1. The Balaban J connectivity index is 2.43. The van der Waals surface area contributed by atoms with Gasteiger partial charge in [-0.2, -0.15) is 0 Å². The Kier molecular flexibility index (Phi) is 3.43. The van der Waals surface area contributed by atoms with Gasteiger partial charge in [-0.15, -0.1) is 0 Å². The van der Waals surface area contributed by atoms with Gasteiger partial charge < -0.3 is 5.11 Å². The van der Waals surface area contributed by atoms with E-state index in [-0.39, 0.29) is 5.82 Å². The summed E-state index contributed by atoms with van der Waals surface area (Å²) >= 11 is 0. The first-order valence-corrected chi connectivity index (χ1v) is 5.41. The van der Waals surface area contributed by atoms with Crippen molar-refractivity contribution in [3.63, 3.8) is 0 Å². The van der Waals surface area contributed by atoms with Crippen molar-refractivity contribution >= 4 is 17.3 Å². The van der Waals surface area contributed by atoms with Crippen LogP contribution in [0.1, 0.15) is 5.56 Å². The molecule has 19 heavy (non-hydrogen) atoms. The second-order valence-corrected chi connectivity index (χ2v) is 3.86. The minimum absolute atomic E-state index is 0.323. The lowest BCUT2D eigenvalue weighted by Crippen LogP contribution is -2.37. The Morgan fingerprint density at radius 3 is 2.58 bits per heavy atom. The molecule has 0 aliphatic carbocycles. The lowest BCUT2D eigenvalue weighted by Gasteiger charge is -2.24. The molecule has 0 saturated heterocycles. The Hall–Kier alpha value is -2.47. The van der Waals surface area contributed by atoms with Gasteiger partial charge in [0.1, 0.15) is 5.82 Å². The highest BCUT2D eigenvalue weighted by molar-refractivity contribution is 6.29. The molecule has 5 nitrogen and oxygen atoms in total. The van der Waals surface area contributed by atoms with Crippen molar-refractivity contribution in [2.75, 3.05) is 0 Å². The van der Waals surface area contributed by atoms with Crippen LogP contribution in [0.3, 0.4) is 0 Å². The van der Waals surface area contributed by atoms with E-state index in [2.05, 4.69) is 11.6 Å². The predicted octanol–water partition coefficient (Wildman–Crippen LogP) is 1.91. The van der Waals surface area contributed by atoms with Gasteiger partial charge in [-0.05, 0) is 23.8 Å². The fourth-order valence-corrected chi connectivity index (χ4v) is 1.71. The topological polar surface area (TPSA) is 73.1 Å². The molecule has 0 radical (unpaired) electrons. The summed E-state index contributed by atoms with van der Waals surface area (Å²) in [5.74, 6) is -1.67. The predicted molar refractivity (Wildman–Crippen MR) is 67.1 cm³/mol. The number of hydrogen-bond donors (Lipinski definition) is 2. The molecule has 2 rings (SSSR count). The number of hydrogen-bond acceptors (Lipinski definition) is 4.